The molecule has 3 aliphatic rings. The van der Waals surface area contributed by atoms with Gasteiger partial charge in [-0.05, 0) is 38.5 Å². The molecule has 14 heteroatoms. The summed E-state index contributed by atoms with van der Waals surface area (Å²) in [5, 5.41) is 15.3. The van der Waals surface area contributed by atoms with Crippen LogP contribution in [0, 0.1) is 0 Å². The van der Waals surface area contributed by atoms with E-state index in [9.17, 15) is 9.59 Å². The molecule has 14 nitrogen and oxygen atoms in total. The predicted molar refractivity (Wildman–Crippen MR) is 140 cm³/mol. The van der Waals surface area contributed by atoms with E-state index in [-0.39, 0.29) is 30.4 Å². The van der Waals surface area contributed by atoms with Crippen LogP contribution >= 0.6 is 0 Å². The van der Waals surface area contributed by atoms with Crippen LogP contribution in [-0.4, -0.2) is 67.0 Å². The number of hydrogen-bond acceptors (Lipinski definition) is 13. The third-order valence-corrected chi connectivity index (χ3v) is 7.95. The molecule has 3 aromatic rings. The fourth-order valence-electron chi connectivity index (χ4n) is 5.55. The molecule has 2 aliphatic carbocycles. The smallest absolute Gasteiger partial charge is 0.293 e. The Hall–Kier alpha value is -3.81. The molecule has 40 heavy (non-hydrogen) atoms. The molecular weight excluding hydrogens is 520 g/mol. The molecule has 214 valence electrons. The van der Waals surface area contributed by atoms with Gasteiger partial charge in [-0.15, -0.1) is 10.2 Å². The van der Waals surface area contributed by atoms with E-state index in [0.29, 0.717) is 35.3 Å². The first-order valence-corrected chi connectivity index (χ1v) is 14.1. The van der Waals surface area contributed by atoms with Crippen LogP contribution in [0.25, 0.3) is 11.2 Å². The molecule has 1 aliphatic heterocycles. The zero-order valence-corrected chi connectivity index (χ0v) is 22.6. The SMILES string of the molecule is CCC(CC)Nc1nc(NC2CCCC2)nc2c1ncn2[C@@H]1O[C@H](c2nnc(C3CC3)o2)[C@@H](OC=O)[C@H]1OC=O. The number of carbonyl (C=O) groups excluding carboxylic acids is 2. The quantitative estimate of drug-likeness (QED) is 0.295. The maximum absolute atomic E-state index is 11.6. The van der Waals surface area contributed by atoms with Crippen molar-refractivity contribution in [2.75, 3.05) is 10.6 Å². The Morgan fingerprint density at radius 1 is 1.02 bits per heavy atom. The standard InChI is InChI=1S/C26H34N8O6/c1-3-15(4-2)28-21-17-22(31-26(30-21)29-16-7-5-6-8-16)34(11-27-17)25-20(38-13-36)18(37-12-35)19(39-25)24-33-32-23(40-24)14-9-10-14/h11-16,18-20,25H,3-10H2,1-2H3,(H2,28,29,30,31)/t18-,19+,20-,25-/m1/s1. The summed E-state index contributed by atoms with van der Waals surface area (Å²) in [6, 6.07) is 0.487. The first-order valence-electron chi connectivity index (χ1n) is 14.1. The molecule has 3 fully saturated rings. The van der Waals surface area contributed by atoms with Crippen LogP contribution in [0.5, 0.6) is 0 Å². The predicted octanol–water partition coefficient (Wildman–Crippen LogP) is 3.40. The Bertz CT molecular complexity index is 1330. The lowest BCUT2D eigenvalue weighted by molar-refractivity contribution is -0.151. The van der Waals surface area contributed by atoms with Crippen molar-refractivity contribution in [1.82, 2.24) is 29.7 Å². The number of anilines is 2. The second-order valence-corrected chi connectivity index (χ2v) is 10.6. The van der Waals surface area contributed by atoms with Gasteiger partial charge >= 0.3 is 0 Å². The van der Waals surface area contributed by atoms with E-state index in [1.165, 1.54) is 0 Å². The number of nitrogens with zero attached hydrogens (tertiary/aromatic N) is 6. The lowest BCUT2D eigenvalue weighted by Gasteiger charge is -2.21. The van der Waals surface area contributed by atoms with E-state index in [1.54, 1.807) is 10.9 Å². The van der Waals surface area contributed by atoms with Crippen molar-refractivity contribution in [1.29, 1.82) is 0 Å². The van der Waals surface area contributed by atoms with Crippen LogP contribution in [-0.2, 0) is 23.8 Å². The zero-order chi connectivity index (χ0) is 27.6. The molecule has 0 radical (unpaired) electrons. The molecule has 3 aromatic heterocycles. The fourth-order valence-corrected chi connectivity index (χ4v) is 5.55. The highest BCUT2D eigenvalue weighted by Crippen LogP contribution is 2.45. The molecule has 0 amide bonds. The number of hydrogen-bond donors (Lipinski definition) is 2. The summed E-state index contributed by atoms with van der Waals surface area (Å²) in [5.41, 5.74) is 1.02. The van der Waals surface area contributed by atoms with Gasteiger partial charge in [0.15, 0.2) is 41.5 Å². The van der Waals surface area contributed by atoms with Crippen molar-refractivity contribution < 1.29 is 28.2 Å². The molecule has 4 heterocycles. The van der Waals surface area contributed by atoms with E-state index in [1.807, 2.05) is 0 Å². The number of fused-ring (bicyclic) bond motifs is 1. The van der Waals surface area contributed by atoms with E-state index in [0.717, 1.165) is 51.4 Å². The van der Waals surface area contributed by atoms with E-state index >= 15 is 0 Å². The molecule has 4 atom stereocenters. The lowest BCUT2D eigenvalue weighted by Crippen LogP contribution is -2.34. The highest BCUT2D eigenvalue weighted by Gasteiger charge is 2.52. The van der Waals surface area contributed by atoms with Gasteiger partial charge in [-0.2, -0.15) is 9.97 Å². The Morgan fingerprint density at radius 3 is 2.45 bits per heavy atom. The number of nitrogens with one attached hydrogen (secondary N) is 2. The van der Waals surface area contributed by atoms with Gasteiger partial charge in [0, 0.05) is 18.0 Å². The van der Waals surface area contributed by atoms with Gasteiger partial charge in [-0.1, -0.05) is 26.7 Å². The van der Waals surface area contributed by atoms with Crippen molar-refractivity contribution in [3.8, 4) is 0 Å². The normalized spacial score (nSPS) is 25.0. The van der Waals surface area contributed by atoms with Gasteiger partial charge in [-0.25, -0.2) is 4.98 Å². The van der Waals surface area contributed by atoms with Gasteiger partial charge in [0.25, 0.3) is 12.9 Å². The topological polar surface area (TPSA) is 168 Å². The third kappa shape index (κ3) is 5.07. The molecule has 1 saturated heterocycles. The molecule has 2 N–H and O–H groups in total. The summed E-state index contributed by atoms with van der Waals surface area (Å²) in [7, 11) is 0. The highest BCUT2D eigenvalue weighted by molar-refractivity contribution is 5.84. The summed E-state index contributed by atoms with van der Waals surface area (Å²) in [6.07, 6.45) is 5.80. The van der Waals surface area contributed by atoms with Gasteiger partial charge in [0.05, 0.1) is 6.33 Å². The van der Waals surface area contributed by atoms with Crippen molar-refractivity contribution in [3.05, 3.63) is 18.1 Å². The minimum absolute atomic E-state index is 0.148. The number of rotatable bonds is 13. The summed E-state index contributed by atoms with van der Waals surface area (Å²) < 4.78 is 24.7. The van der Waals surface area contributed by atoms with Crippen molar-refractivity contribution in [2.24, 2.45) is 0 Å². The first kappa shape index (κ1) is 26.4. The van der Waals surface area contributed by atoms with Crippen LogP contribution in [0.3, 0.4) is 0 Å². The number of aromatic nitrogens is 6. The molecule has 0 bridgehead atoms. The summed E-state index contributed by atoms with van der Waals surface area (Å²) in [4.78, 5) is 37.3. The molecule has 2 saturated carbocycles. The maximum Gasteiger partial charge on any atom is 0.293 e. The van der Waals surface area contributed by atoms with Crippen molar-refractivity contribution in [3.63, 3.8) is 0 Å². The van der Waals surface area contributed by atoms with Gasteiger partial charge in [0.1, 0.15) is 0 Å². The Labute approximate surface area is 230 Å². The van der Waals surface area contributed by atoms with Gasteiger partial charge in [-0.3, -0.25) is 14.2 Å². The fraction of sp³-hybridized carbons (Fsp3) is 0.654. The minimum Gasteiger partial charge on any atom is -0.457 e. The molecular formula is C26H34N8O6. The molecule has 0 unspecified atom stereocenters. The number of ether oxygens (including phenoxy) is 3. The monoisotopic (exact) mass is 554 g/mol. The average Bonchev–Trinajstić information content (AvgIpc) is 3.33. The first-order chi connectivity index (χ1) is 19.6. The van der Waals surface area contributed by atoms with Crippen molar-refractivity contribution >= 4 is 35.9 Å². The second kappa shape index (κ2) is 11.4. The molecule has 0 spiro atoms. The zero-order valence-electron chi connectivity index (χ0n) is 22.6. The van der Waals surface area contributed by atoms with Crippen molar-refractivity contribution in [2.45, 2.75) is 108 Å². The Balaban J connectivity index is 1.39. The Kier molecular flexibility index (Phi) is 7.50. The van der Waals surface area contributed by atoms with Crippen LogP contribution < -0.4 is 10.6 Å². The van der Waals surface area contributed by atoms with Crippen LogP contribution in [0.4, 0.5) is 11.8 Å². The highest BCUT2D eigenvalue weighted by atomic mass is 16.6. The van der Waals surface area contributed by atoms with E-state index in [2.05, 4.69) is 39.7 Å². The largest absolute Gasteiger partial charge is 0.457 e. The van der Waals surface area contributed by atoms with Crippen LogP contribution in [0.2, 0.25) is 0 Å². The van der Waals surface area contributed by atoms with Gasteiger partial charge < -0.3 is 29.3 Å². The minimum atomic E-state index is -1.03. The van der Waals surface area contributed by atoms with E-state index < -0.39 is 24.5 Å². The summed E-state index contributed by atoms with van der Waals surface area (Å²) >= 11 is 0. The average molecular weight is 555 g/mol. The summed E-state index contributed by atoms with van der Waals surface area (Å²) in [6.45, 7) is 4.82. The van der Waals surface area contributed by atoms with Gasteiger partial charge in [0.2, 0.25) is 17.7 Å². The van der Waals surface area contributed by atoms with Crippen LogP contribution in [0.1, 0.15) is 95.2 Å². The summed E-state index contributed by atoms with van der Waals surface area (Å²) in [5.74, 6) is 1.97. The maximum atomic E-state index is 11.6. The molecule has 0 aromatic carbocycles. The lowest BCUT2D eigenvalue weighted by atomic mass is 10.1. The van der Waals surface area contributed by atoms with E-state index in [4.69, 9.17) is 28.6 Å². The van der Waals surface area contributed by atoms with Crippen LogP contribution in [0.15, 0.2) is 10.7 Å². The third-order valence-electron chi connectivity index (χ3n) is 7.95. The number of imidazole rings is 1. The molecule has 6 rings (SSSR count). The Morgan fingerprint density at radius 2 is 1.75 bits per heavy atom. The second-order valence-electron chi connectivity index (χ2n) is 10.6. The number of carbonyl (C=O) groups is 2.